The Labute approximate surface area is 171 Å². The van der Waals surface area contributed by atoms with Crippen molar-refractivity contribution in [1.82, 2.24) is 4.98 Å². The van der Waals surface area contributed by atoms with Crippen LogP contribution in [0.15, 0.2) is 76.7 Å². The van der Waals surface area contributed by atoms with Crippen LogP contribution in [0.1, 0.15) is 22.9 Å². The van der Waals surface area contributed by atoms with E-state index in [4.69, 9.17) is 0 Å². The van der Waals surface area contributed by atoms with Crippen molar-refractivity contribution >= 4 is 25.4 Å². The smallest absolute Gasteiger partial charge is 0.177 e. The maximum atomic E-state index is 12.4. The lowest BCUT2D eigenvalue weighted by Crippen LogP contribution is -2.16. The summed E-state index contributed by atoms with van der Waals surface area (Å²) < 4.78 is 48.6. The molecule has 1 N–H and O–H groups in total. The number of rotatable bonds is 6. The first kappa shape index (κ1) is 21.0. The summed E-state index contributed by atoms with van der Waals surface area (Å²) in [4.78, 5) is 4.30. The number of aryl methyl sites for hydroxylation is 1. The number of hydrogen-bond acceptors (Lipinski definition) is 6. The molecule has 0 spiro atoms. The van der Waals surface area contributed by atoms with Crippen LogP contribution >= 0.6 is 0 Å². The van der Waals surface area contributed by atoms with E-state index in [0.717, 1.165) is 23.6 Å². The molecule has 0 fully saturated rings. The fourth-order valence-corrected chi connectivity index (χ4v) is 4.63. The highest BCUT2D eigenvalue weighted by atomic mass is 32.2. The summed E-state index contributed by atoms with van der Waals surface area (Å²) in [5, 5.41) is 3.26. The molecule has 0 aliphatic rings. The number of pyridine rings is 1. The van der Waals surface area contributed by atoms with Gasteiger partial charge in [0.05, 0.1) is 27.2 Å². The van der Waals surface area contributed by atoms with E-state index in [-0.39, 0.29) is 9.79 Å². The van der Waals surface area contributed by atoms with Crippen molar-refractivity contribution in [2.75, 3.05) is 17.8 Å². The van der Waals surface area contributed by atoms with Crippen LogP contribution in [0.2, 0.25) is 0 Å². The van der Waals surface area contributed by atoms with E-state index >= 15 is 0 Å². The molecule has 1 unspecified atom stereocenters. The minimum atomic E-state index is -3.68. The summed E-state index contributed by atoms with van der Waals surface area (Å²) in [6.07, 6.45) is 3.77. The summed E-state index contributed by atoms with van der Waals surface area (Å²) in [5.74, 6) is 0. The molecule has 2 aromatic carbocycles. The molecule has 0 amide bonds. The molecule has 1 aromatic heterocycles. The molecular weight excluding hydrogens is 408 g/mol. The molecule has 3 rings (SSSR count). The van der Waals surface area contributed by atoms with Crippen LogP contribution in [0.5, 0.6) is 0 Å². The van der Waals surface area contributed by atoms with Gasteiger partial charge < -0.3 is 5.32 Å². The highest BCUT2D eigenvalue weighted by Gasteiger charge is 2.22. The molecular formula is C21H22N2O4S2. The SMILES string of the molecule is Cc1cccc(C(Nc2ccc(S(C)(=O)=O)cc2S(C)(=O)=O)c2ccccn2)c1. The lowest BCUT2D eigenvalue weighted by Gasteiger charge is -2.22. The highest BCUT2D eigenvalue weighted by Crippen LogP contribution is 2.31. The molecule has 0 saturated heterocycles. The fourth-order valence-electron chi connectivity index (χ4n) is 3.04. The van der Waals surface area contributed by atoms with E-state index in [2.05, 4.69) is 10.3 Å². The van der Waals surface area contributed by atoms with Gasteiger partial charge in [0.15, 0.2) is 19.7 Å². The Morgan fingerprint density at radius 2 is 1.62 bits per heavy atom. The van der Waals surface area contributed by atoms with Gasteiger partial charge in [0.1, 0.15) is 0 Å². The van der Waals surface area contributed by atoms with Gasteiger partial charge in [-0.25, -0.2) is 16.8 Å². The van der Waals surface area contributed by atoms with Crippen LogP contribution in [0, 0.1) is 6.92 Å². The van der Waals surface area contributed by atoms with E-state index in [1.165, 1.54) is 18.2 Å². The number of sulfone groups is 2. The molecule has 0 saturated carbocycles. The van der Waals surface area contributed by atoms with Crippen LogP contribution in [-0.2, 0) is 19.7 Å². The third-order valence-electron chi connectivity index (χ3n) is 4.44. The van der Waals surface area contributed by atoms with Crippen LogP contribution in [0.4, 0.5) is 5.69 Å². The third kappa shape index (κ3) is 5.02. The quantitative estimate of drug-likeness (QED) is 0.644. The van der Waals surface area contributed by atoms with E-state index < -0.39 is 25.7 Å². The average Bonchev–Trinajstić information content (AvgIpc) is 2.65. The van der Waals surface area contributed by atoms with E-state index in [1.807, 2.05) is 43.3 Å². The predicted octanol–water partition coefficient (Wildman–Crippen LogP) is 3.40. The van der Waals surface area contributed by atoms with Crippen molar-refractivity contribution in [3.8, 4) is 0 Å². The zero-order chi connectivity index (χ0) is 21.2. The summed E-state index contributed by atoms with van der Waals surface area (Å²) in [7, 11) is -7.23. The number of nitrogens with one attached hydrogen (secondary N) is 1. The molecule has 3 aromatic rings. The number of aromatic nitrogens is 1. The Morgan fingerprint density at radius 3 is 2.21 bits per heavy atom. The number of hydrogen-bond donors (Lipinski definition) is 1. The van der Waals surface area contributed by atoms with E-state index in [1.54, 1.807) is 12.3 Å². The number of nitrogens with zero attached hydrogens (tertiary/aromatic N) is 1. The second-order valence-electron chi connectivity index (χ2n) is 6.95. The summed E-state index contributed by atoms with van der Waals surface area (Å²) >= 11 is 0. The van der Waals surface area contributed by atoms with Gasteiger partial charge >= 0.3 is 0 Å². The molecule has 29 heavy (non-hydrogen) atoms. The maximum Gasteiger partial charge on any atom is 0.177 e. The van der Waals surface area contributed by atoms with Gasteiger partial charge in [0.25, 0.3) is 0 Å². The minimum absolute atomic E-state index is 0.0478. The van der Waals surface area contributed by atoms with Crippen molar-refractivity contribution < 1.29 is 16.8 Å². The molecule has 0 aliphatic carbocycles. The van der Waals surface area contributed by atoms with E-state index in [0.29, 0.717) is 11.4 Å². The van der Waals surface area contributed by atoms with Crippen molar-refractivity contribution in [2.24, 2.45) is 0 Å². The molecule has 6 nitrogen and oxygen atoms in total. The molecule has 152 valence electrons. The van der Waals surface area contributed by atoms with Crippen molar-refractivity contribution in [2.45, 2.75) is 22.8 Å². The molecule has 1 atom stereocenters. The van der Waals surface area contributed by atoms with Crippen LogP contribution < -0.4 is 5.32 Å². The van der Waals surface area contributed by atoms with Gasteiger partial charge in [-0.15, -0.1) is 0 Å². The van der Waals surface area contributed by atoms with Crippen LogP contribution in [0.25, 0.3) is 0 Å². The first-order valence-electron chi connectivity index (χ1n) is 8.84. The van der Waals surface area contributed by atoms with Crippen molar-refractivity contribution in [3.05, 3.63) is 83.7 Å². The summed E-state index contributed by atoms with van der Waals surface area (Å²) in [6.45, 7) is 1.97. The second-order valence-corrected chi connectivity index (χ2v) is 10.9. The molecule has 0 aliphatic heterocycles. The minimum Gasteiger partial charge on any atom is -0.372 e. The monoisotopic (exact) mass is 430 g/mol. The van der Waals surface area contributed by atoms with Gasteiger partial charge in [-0.05, 0) is 42.8 Å². The Kier molecular flexibility index (Phi) is 5.77. The number of benzene rings is 2. The third-order valence-corrected chi connectivity index (χ3v) is 6.69. The van der Waals surface area contributed by atoms with Gasteiger partial charge in [-0.3, -0.25) is 4.98 Å². The van der Waals surface area contributed by atoms with E-state index in [9.17, 15) is 16.8 Å². The van der Waals surface area contributed by atoms with Crippen LogP contribution in [-0.4, -0.2) is 34.3 Å². The lowest BCUT2D eigenvalue weighted by atomic mass is 10.0. The standard InChI is InChI=1S/C21H22N2O4S2/c1-15-7-6-8-16(13-15)21(19-9-4-5-12-22-19)23-18-11-10-17(28(2,24)25)14-20(18)29(3,26)27/h4-14,21,23H,1-3H3. The van der Waals surface area contributed by atoms with Crippen LogP contribution in [0.3, 0.4) is 0 Å². The Bertz CT molecular complexity index is 1240. The second kappa shape index (κ2) is 7.96. The van der Waals surface area contributed by atoms with Crippen molar-refractivity contribution in [3.63, 3.8) is 0 Å². The summed E-state index contributed by atoms with van der Waals surface area (Å²) in [6, 6.07) is 17.0. The first-order chi connectivity index (χ1) is 13.6. The van der Waals surface area contributed by atoms with Gasteiger partial charge in [-0.2, -0.15) is 0 Å². The molecule has 0 bridgehead atoms. The molecule has 1 heterocycles. The zero-order valence-corrected chi connectivity index (χ0v) is 18.0. The van der Waals surface area contributed by atoms with Crippen molar-refractivity contribution in [1.29, 1.82) is 0 Å². The lowest BCUT2D eigenvalue weighted by molar-refractivity contribution is 0.600. The van der Waals surface area contributed by atoms with Gasteiger partial charge in [0, 0.05) is 18.7 Å². The average molecular weight is 431 g/mol. The Morgan fingerprint density at radius 1 is 0.862 bits per heavy atom. The number of anilines is 1. The fraction of sp³-hybridized carbons (Fsp3) is 0.190. The Balaban J connectivity index is 2.15. The van der Waals surface area contributed by atoms with Gasteiger partial charge in [-0.1, -0.05) is 35.9 Å². The largest absolute Gasteiger partial charge is 0.372 e. The maximum absolute atomic E-state index is 12.4. The topological polar surface area (TPSA) is 93.2 Å². The first-order valence-corrected chi connectivity index (χ1v) is 12.6. The Hall–Kier alpha value is -2.71. The molecule has 8 heteroatoms. The summed E-state index contributed by atoms with van der Waals surface area (Å²) in [5.41, 5.74) is 3.00. The predicted molar refractivity (Wildman–Crippen MR) is 114 cm³/mol. The highest BCUT2D eigenvalue weighted by molar-refractivity contribution is 7.91. The zero-order valence-electron chi connectivity index (χ0n) is 16.3. The van der Waals surface area contributed by atoms with Gasteiger partial charge in [0.2, 0.25) is 0 Å². The normalized spacial score (nSPS) is 13.1. The molecule has 0 radical (unpaired) electrons.